The number of carbonyl (C=O) groups excluding carboxylic acids is 1. The van der Waals surface area contributed by atoms with Crippen LogP contribution in [0.15, 0.2) is 0 Å². The lowest BCUT2D eigenvalue weighted by Gasteiger charge is -2.35. The number of piperidine rings is 1. The summed E-state index contributed by atoms with van der Waals surface area (Å²) in [5.41, 5.74) is 0. The minimum Gasteiger partial charge on any atom is -0.339 e. The van der Waals surface area contributed by atoms with Crippen LogP contribution in [-0.4, -0.2) is 42.2 Å². The highest BCUT2D eigenvalue weighted by Gasteiger charge is 2.43. The lowest BCUT2D eigenvalue weighted by Crippen LogP contribution is -2.54. The summed E-state index contributed by atoms with van der Waals surface area (Å²) < 4.78 is 37.9. The number of carbonyl (C=O) groups is 1. The molecule has 0 aliphatic carbocycles. The predicted octanol–water partition coefficient (Wildman–Crippen LogP) is 3.34. The zero-order valence-corrected chi connectivity index (χ0v) is 13.2. The van der Waals surface area contributed by atoms with Gasteiger partial charge >= 0.3 is 6.18 Å². The van der Waals surface area contributed by atoms with E-state index in [0.717, 1.165) is 19.3 Å². The molecule has 1 rings (SSSR count). The van der Waals surface area contributed by atoms with Crippen molar-refractivity contribution >= 4 is 5.91 Å². The number of hydrogen-bond donors (Lipinski definition) is 1. The molecule has 1 saturated heterocycles. The molecule has 1 N–H and O–H groups in total. The number of alkyl halides is 3. The molecule has 1 amide bonds. The molecule has 2 unspecified atom stereocenters. The van der Waals surface area contributed by atoms with Crippen molar-refractivity contribution in [1.29, 1.82) is 0 Å². The third-order valence-corrected chi connectivity index (χ3v) is 4.08. The van der Waals surface area contributed by atoms with E-state index in [1.165, 1.54) is 0 Å². The normalized spacial score (nSPS) is 23.4. The van der Waals surface area contributed by atoms with Crippen molar-refractivity contribution in [3.05, 3.63) is 0 Å². The summed E-state index contributed by atoms with van der Waals surface area (Å²) in [6.45, 7) is 6.53. The maximum atomic E-state index is 12.6. The van der Waals surface area contributed by atoms with Crippen LogP contribution in [0, 0.1) is 5.92 Å². The number of nitrogens with one attached hydrogen (secondary N) is 1. The zero-order chi connectivity index (χ0) is 16.0. The fourth-order valence-electron chi connectivity index (χ4n) is 2.70. The molecule has 2 atom stereocenters. The third-order valence-electron chi connectivity index (χ3n) is 4.08. The zero-order valence-electron chi connectivity index (χ0n) is 13.2. The van der Waals surface area contributed by atoms with Crippen molar-refractivity contribution in [2.24, 2.45) is 5.92 Å². The SMILES string of the molecule is CCCCCN(C(=O)C1CCC(C(F)(F)F)CN1)C(C)C. The number of hydrogen-bond acceptors (Lipinski definition) is 2. The van der Waals surface area contributed by atoms with Gasteiger partial charge in [0.05, 0.1) is 12.0 Å². The molecular formula is C15H27F3N2O. The molecular weight excluding hydrogens is 281 g/mol. The van der Waals surface area contributed by atoms with Crippen molar-refractivity contribution in [1.82, 2.24) is 10.2 Å². The standard InChI is InChI=1S/C15H27F3N2O/c1-4-5-6-9-20(11(2)3)14(21)13-8-7-12(10-19-13)15(16,17)18/h11-13,19H,4-10H2,1-3H3. The van der Waals surface area contributed by atoms with Crippen LogP contribution < -0.4 is 5.32 Å². The molecule has 0 radical (unpaired) electrons. The molecule has 0 bridgehead atoms. The summed E-state index contributed by atoms with van der Waals surface area (Å²) in [6, 6.07) is -0.385. The third kappa shape index (κ3) is 5.49. The first-order valence-corrected chi connectivity index (χ1v) is 7.88. The summed E-state index contributed by atoms with van der Waals surface area (Å²) in [5.74, 6) is -1.38. The van der Waals surface area contributed by atoms with E-state index in [2.05, 4.69) is 12.2 Å². The van der Waals surface area contributed by atoms with Crippen molar-refractivity contribution < 1.29 is 18.0 Å². The van der Waals surface area contributed by atoms with Gasteiger partial charge in [-0.2, -0.15) is 13.2 Å². The summed E-state index contributed by atoms with van der Waals surface area (Å²) in [7, 11) is 0. The van der Waals surface area contributed by atoms with E-state index < -0.39 is 18.1 Å². The van der Waals surface area contributed by atoms with Gasteiger partial charge in [-0.15, -0.1) is 0 Å². The van der Waals surface area contributed by atoms with Gasteiger partial charge in [0.25, 0.3) is 0 Å². The number of unbranched alkanes of at least 4 members (excludes halogenated alkanes) is 2. The fraction of sp³-hybridized carbons (Fsp3) is 0.933. The molecule has 1 aliphatic rings. The van der Waals surface area contributed by atoms with Crippen LogP contribution in [0.5, 0.6) is 0 Å². The van der Waals surface area contributed by atoms with Crippen molar-refractivity contribution in [3.8, 4) is 0 Å². The Balaban J connectivity index is 2.53. The summed E-state index contributed by atoms with van der Waals surface area (Å²) >= 11 is 0. The first-order valence-electron chi connectivity index (χ1n) is 7.88. The van der Waals surface area contributed by atoms with Crippen LogP contribution >= 0.6 is 0 Å². The van der Waals surface area contributed by atoms with Crippen LogP contribution in [-0.2, 0) is 4.79 Å². The van der Waals surface area contributed by atoms with Gasteiger partial charge in [0.1, 0.15) is 0 Å². The van der Waals surface area contributed by atoms with E-state index in [1.54, 1.807) is 4.90 Å². The van der Waals surface area contributed by atoms with E-state index in [4.69, 9.17) is 0 Å². The molecule has 0 aromatic heterocycles. The lowest BCUT2D eigenvalue weighted by molar-refractivity contribution is -0.181. The second-order valence-corrected chi connectivity index (χ2v) is 6.11. The second-order valence-electron chi connectivity index (χ2n) is 6.11. The highest BCUT2D eigenvalue weighted by molar-refractivity contribution is 5.82. The van der Waals surface area contributed by atoms with Gasteiger partial charge in [0.2, 0.25) is 5.91 Å². The Morgan fingerprint density at radius 2 is 1.95 bits per heavy atom. The molecule has 0 aromatic rings. The maximum absolute atomic E-state index is 12.6. The van der Waals surface area contributed by atoms with Crippen LogP contribution in [0.25, 0.3) is 0 Å². The molecule has 1 fully saturated rings. The van der Waals surface area contributed by atoms with Crippen LogP contribution in [0.1, 0.15) is 52.9 Å². The average Bonchev–Trinajstić information content (AvgIpc) is 2.42. The first-order chi connectivity index (χ1) is 9.77. The largest absolute Gasteiger partial charge is 0.393 e. The van der Waals surface area contributed by atoms with Crippen molar-refractivity contribution in [2.75, 3.05) is 13.1 Å². The van der Waals surface area contributed by atoms with E-state index in [0.29, 0.717) is 6.54 Å². The quantitative estimate of drug-likeness (QED) is 0.763. The monoisotopic (exact) mass is 308 g/mol. The summed E-state index contributed by atoms with van der Waals surface area (Å²) in [4.78, 5) is 14.3. The van der Waals surface area contributed by atoms with E-state index >= 15 is 0 Å². The number of nitrogens with zero attached hydrogens (tertiary/aromatic N) is 1. The lowest BCUT2D eigenvalue weighted by atomic mass is 9.93. The van der Waals surface area contributed by atoms with Gasteiger partial charge in [-0.05, 0) is 33.1 Å². The smallest absolute Gasteiger partial charge is 0.339 e. The Morgan fingerprint density at radius 1 is 1.29 bits per heavy atom. The Bertz CT molecular complexity index is 323. The number of amides is 1. The Kier molecular flexibility index (Phi) is 6.97. The molecule has 0 aromatic carbocycles. The molecule has 6 heteroatoms. The first kappa shape index (κ1) is 18.3. The van der Waals surface area contributed by atoms with Gasteiger partial charge in [-0.25, -0.2) is 0 Å². The Labute approximate surface area is 125 Å². The van der Waals surface area contributed by atoms with Gasteiger partial charge < -0.3 is 10.2 Å². The second kappa shape index (κ2) is 8.01. The fourth-order valence-corrected chi connectivity index (χ4v) is 2.70. The van der Waals surface area contributed by atoms with Crippen LogP contribution in [0.2, 0.25) is 0 Å². The number of rotatable bonds is 6. The maximum Gasteiger partial charge on any atom is 0.393 e. The average molecular weight is 308 g/mol. The van der Waals surface area contributed by atoms with Crippen LogP contribution in [0.4, 0.5) is 13.2 Å². The highest BCUT2D eigenvalue weighted by Crippen LogP contribution is 2.32. The summed E-state index contributed by atoms with van der Waals surface area (Å²) in [6.07, 6.45) is -0.786. The topological polar surface area (TPSA) is 32.3 Å². The van der Waals surface area contributed by atoms with Crippen LogP contribution in [0.3, 0.4) is 0 Å². The predicted molar refractivity (Wildman–Crippen MR) is 76.9 cm³/mol. The highest BCUT2D eigenvalue weighted by atomic mass is 19.4. The van der Waals surface area contributed by atoms with Crippen molar-refractivity contribution in [2.45, 2.75) is 71.1 Å². The molecule has 1 aliphatic heterocycles. The summed E-state index contributed by atoms with van der Waals surface area (Å²) in [5, 5.41) is 2.79. The van der Waals surface area contributed by atoms with Gasteiger partial charge in [-0.1, -0.05) is 19.8 Å². The minimum absolute atomic E-state index is 0.0355. The van der Waals surface area contributed by atoms with E-state index in [-0.39, 0.29) is 31.3 Å². The van der Waals surface area contributed by atoms with E-state index in [1.807, 2.05) is 13.8 Å². The van der Waals surface area contributed by atoms with Gasteiger partial charge in [0, 0.05) is 19.1 Å². The molecule has 21 heavy (non-hydrogen) atoms. The van der Waals surface area contributed by atoms with Crippen molar-refractivity contribution in [3.63, 3.8) is 0 Å². The Morgan fingerprint density at radius 3 is 2.38 bits per heavy atom. The molecule has 0 spiro atoms. The Hall–Kier alpha value is -0.780. The molecule has 124 valence electrons. The van der Waals surface area contributed by atoms with E-state index in [9.17, 15) is 18.0 Å². The minimum atomic E-state index is -4.17. The van der Waals surface area contributed by atoms with Gasteiger partial charge in [0.15, 0.2) is 0 Å². The van der Waals surface area contributed by atoms with Gasteiger partial charge in [-0.3, -0.25) is 4.79 Å². The number of halogens is 3. The molecule has 0 saturated carbocycles. The molecule has 1 heterocycles. The molecule has 3 nitrogen and oxygen atoms in total.